The van der Waals surface area contributed by atoms with Crippen molar-refractivity contribution in [2.24, 2.45) is 0 Å². The highest BCUT2D eigenvalue weighted by molar-refractivity contribution is 7.99. The van der Waals surface area contributed by atoms with Gasteiger partial charge < -0.3 is 15.7 Å². The molecule has 0 radical (unpaired) electrons. The second-order valence-corrected chi connectivity index (χ2v) is 6.89. The van der Waals surface area contributed by atoms with Crippen LogP contribution in [0.3, 0.4) is 0 Å². The number of carbonyl (C=O) groups is 1. The maximum atomic E-state index is 11.9. The Bertz CT molecular complexity index is 473. The summed E-state index contributed by atoms with van der Waals surface area (Å²) in [6.45, 7) is 2.94. The summed E-state index contributed by atoms with van der Waals surface area (Å²) < 4.78 is 0. The SMILES string of the molecule is Cc1cccc(CNC(=O)CNC2(CO)CCSCC2)c1. The van der Waals surface area contributed by atoms with E-state index in [1.165, 1.54) is 5.56 Å². The number of amides is 1. The van der Waals surface area contributed by atoms with Gasteiger partial charge in [0.15, 0.2) is 0 Å². The summed E-state index contributed by atoms with van der Waals surface area (Å²) in [6.07, 6.45) is 1.83. The Morgan fingerprint density at radius 2 is 2.14 bits per heavy atom. The summed E-state index contributed by atoms with van der Waals surface area (Å²) in [5.74, 6) is 2.05. The van der Waals surface area contributed by atoms with Crippen molar-refractivity contribution < 1.29 is 9.90 Å². The summed E-state index contributed by atoms with van der Waals surface area (Å²) in [5.41, 5.74) is 2.03. The summed E-state index contributed by atoms with van der Waals surface area (Å²) in [5, 5.41) is 15.8. The zero-order valence-corrected chi connectivity index (χ0v) is 13.3. The molecule has 0 unspecified atom stereocenters. The van der Waals surface area contributed by atoms with Crippen LogP contribution >= 0.6 is 11.8 Å². The summed E-state index contributed by atoms with van der Waals surface area (Å²) in [4.78, 5) is 11.9. The third kappa shape index (κ3) is 5.02. The number of rotatable bonds is 6. The van der Waals surface area contributed by atoms with Gasteiger partial charge in [-0.05, 0) is 36.8 Å². The average molecular weight is 308 g/mol. The molecule has 0 bridgehead atoms. The lowest BCUT2D eigenvalue weighted by Crippen LogP contribution is -2.53. The fourth-order valence-electron chi connectivity index (χ4n) is 2.51. The molecular formula is C16H24N2O2S. The van der Waals surface area contributed by atoms with Gasteiger partial charge in [-0.2, -0.15) is 11.8 Å². The zero-order chi connectivity index (χ0) is 15.1. The first kappa shape index (κ1) is 16.3. The van der Waals surface area contributed by atoms with Crippen LogP contribution in [0.15, 0.2) is 24.3 Å². The minimum Gasteiger partial charge on any atom is -0.394 e. The summed E-state index contributed by atoms with van der Waals surface area (Å²) >= 11 is 1.90. The average Bonchev–Trinajstić information content (AvgIpc) is 2.52. The van der Waals surface area contributed by atoms with Crippen LogP contribution in [0.25, 0.3) is 0 Å². The Balaban J connectivity index is 1.76. The van der Waals surface area contributed by atoms with Gasteiger partial charge in [0.05, 0.1) is 13.2 Å². The molecule has 0 atom stereocenters. The van der Waals surface area contributed by atoms with Gasteiger partial charge in [0.25, 0.3) is 0 Å². The number of aliphatic hydroxyl groups is 1. The van der Waals surface area contributed by atoms with Crippen molar-refractivity contribution in [3.8, 4) is 0 Å². The van der Waals surface area contributed by atoms with Gasteiger partial charge in [-0.25, -0.2) is 0 Å². The maximum absolute atomic E-state index is 11.9. The first-order valence-electron chi connectivity index (χ1n) is 7.39. The lowest BCUT2D eigenvalue weighted by Gasteiger charge is -2.36. The lowest BCUT2D eigenvalue weighted by molar-refractivity contribution is -0.120. The van der Waals surface area contributed by atoms with Crippen LogP contribution in [-0.2, 0) is 11.3 Å². The second-order valence-electron chi connectivity index (χ2n) is 5.67. The Hall–Kier alpha value is -1.04. The number of hydrogen-bond acceptors (Lipinski definition) is 4. The fourth-order valence-corrected chi connectivity index (χ4v) is 3.78. The number of aryl methyl sites for hydroxylation is 1. The third-order valence-electron chi connectivity index (χ3n) is 3.95. The molecule has 1 aromatic carbocycles. The van der Waals surface area contributed by atoms with Gasteiger partial charge in [-0.3, -0.25) is 4.79 Å². The maximum Gasteiger partial charge on any atom is 0.234 e. The Labute approximate surface area is 130 Å². The van der Waals surface area contributed by atoms with E-state index in [1.54, 1.807) is 0 Å². The lowest BCUT2D eigenvalue weighted by atomic mass is 9.93. The second kappa shape index (κ2) is 7.82. The summed E-state index contributed by atoms with van der Waals surface area (Å²) in [7, 11) is 0. The Morgan fingerprint density at radius 3 is 2.81 bits per heavy atom. The molecule has 1 aliphatic rings. The third-order valence-corrected chi connectivity index (χ3v) is 4.93. The van der Waals surface area contributed by atoms with E-state index in [9.17, 15) is 9.90 Å². The number of hydrogen-bond donors (Lipinski definition) is 3. The van der Waals surface area contributed by atoms with Crippen LogP contribution in [0.4, 0.5) is 0 Å². The number of carbonyl (C=O) groups excluding carboxylic acids is 1. The van der Waals surface area contributed by atoms with Crippen LogP contribution < -0.4 is 10.6 Å². The number of nitrogens with one attached hydrogen (secondary N) is 2. The van der Waals surface area contributed by atoms with Crippen molar-refractivity contribution >= 4 is 17.7 Å². The molecule has 1 saturated heterocycles. The molecule has 1 amide bonds. The van der Waals surface area contributed by atoms with E-state index in [2.05, 4.69) is 16.7 Å². The predicted octanol–water partition coefficient (Wildman–Crippen LogP) is 1.46. The molecule has 5 heteroatoms. The standard InChI is InChI=1S/C16H24N2O2S/c1-13-3-2-4-14(9-13)10-17-15(20)11-18-16(12-19)5-7-21-8-6-16/h2-4,9,18-19H,5-8,10-12H2,1H3,(H,17,20). The van der Waals surface area contributed by atoms with E-state index >= 15 is 0 Å². The molecule has 0 aliphatic carbocycles. The van der Waals surface area contributed by atoms with Gasteiger partial charge in [-0.1, -0.05) is 29.8 Å². The first-order valence-corrected chi connectivity index (χ1v) is 8.55. The molecule has 1 fully saturated rings. The fraction of sp³-hybridized carbons (Fsp3) is 0.562. The monoisotopic (exact) mass is 308 g/mol. The molecule has 1 heterocycles. The van der Waals surface area contributed by atoms with Gasteiger partial charge >= 0.3 is 0 Å². The van der Waals surface area contributed by atoms with Gasteiger partial charge in [0.2, 0.25) is 5.91 Å². The van der Waals surface area contributed by atoms with Crippen LogP contribution in [0.2, 0.25) is 0 Å². The Morgan fingerprint density at radius 1 is 1.38 bits per heavy atom. The summed E-state index contributed by atoms with van der Waals surface area (Å²) in [6, 6.07) is 8.12. The molecule has 1 aliphatic heterocycles. The van der Waals surface area contributed by atoms with Crippen molar-refractivity contribution in [2.75, 3.05) is 24.7 Å². The van der Waals surface area contributed by atoms with Crippen LogP contribution in [0.1, 0.15) is 24.0 Å². The number of aliphatic hydroxyl groups excluding tert-OH is 1. The number of benzene rings is 1. The van der Waals surface area contributed by atoms with E-state index in [0.717, 1.165) is 29.9 Å². The topological polar surface area (TPSA) is 61.4 Å². The van der Waals surface area contributed by atoms with E-state index in [0.29, 0.717) is 6.54 Å². The van der Waals surface area contributed by atoms with Crippen LogP contribution in [0, 0.1) is 6.92 Å². The minimum absolute atomic E-state index is 0.0254. The highest BCUT2D eigenvalue weighted by Gasteiger charge is 2.31. The van der Waals surface area contributed by atoms with E-state index in [-0.39, 0.29) is 24.6 Å². The smallest absolute Gasteiger partial charge is 0.234 e. The molecule has 116 valence electrons. The molecule has 0 saturated carbocycles. The molecule has 0 spiro atoms. The van der Waals surface area contributed by atoms with Crippen molar-refractivity contribution in [1.82, 2.24) is 10.6 Å². The van der Waals surface area contributed by atoms with Gasteiger partial charge in [0, 0.05) is 12.1 Å². The molecule has 2 rings (SSSR count). The molecule has 3 N–H and O–H groups in total. The van der Waals surface area contributed by atoms with E-state index < -0.39 is 0 Å². The zero-order valence-electron chi connectivity index (χ0n) is 12.5. The Kier molecular flexibility index (Phi) is 6.08. The predicted molar refractivity (Wildman–Crippen MR) is 87.4 cm³/mol. The molecule has 4 nitrogen and oxygen atoms in total. The van der Waals surface area contributed by atoms with Crippen LogP contribution in [-0.4, -0.2) is 41.2 Å². The van der Waals surface area contributed by atoms with Gasteiger partial charge in [0.1, 0.15) is 0 Å². The highest BCUT2D eigenvalue weighted by Crippen LogP contribution is 2.26. The largest absolute Gasteiger partial charge is 0.394 e. The van der Waals surface area contributed by atoms with Gasteiger partial charge in [-0.15, -0.1) is 0 Å². The number of thioether (sulfide) groups is 1. The molecule has 0 aromatic heterocycles. The normalized spacial score (nSPS) is 17.4. The van der Waals surface area contributed by atoms with Crippen molar-refractivity contribution in [3.63, 3.8) is 0 Å². The van der Waals surface area contributed by atoms with Crippen LogP contribution in [0.5, 0.6) is 0 Å². The first-order chi connectivity index (χ1) is 10.1. The van der Waals surface area contributed by atoms with Crippen molar-refractivity contribution in [1.29, 1.82) is 0 Å². The molecular weight excluding hydrogens is 284 g/mol. The quantitative estimate of drug-likeness (QED) is 0.744. The van der Waals surface area contributed by atoms with E-state index in [1.807, 2.05) is 36.9 Å². The minimum atomic E-state index is -0.272. The highest BCUT2D eigenvalue weighted by atomic mass is 32.2. The van der Waals surface area contributed by atoms with Crippen molar-refractivity contribution in [3.05, 3.63) is 35.4 Å². The molecule has 1 aromatic rings. The van der Waals surface area contributed by atoms with E-state index in [4.69, 9.17) is 0 Å². The molecule has 21 heavy (non-hydrogen) atoms. The van der Waals surface area contributed by atoms with Crippen molar-refractivity contribution in [2.45, 2.75) is 31.8 Å².